The first-order valence-corrected chi connectivity index (χ1v) is 9.57. The number of carbonyl (C=O) groups is 1. The number of benzene rings is 2. The van der Waals surface area contributed by atoms with Gasteiger partial charge in [-0.3, -0.25) is 4.79 Å². The van der Waals surface area contributed by atoms with E-state index in [9.17, 15) is 9.18 Å². The lowest BCUT2D eigenvalue weighted by molar-refractivity contribution is 0.0306. The minimum absolute atomic E-state index is 0.0574. The van der Waals surface area contributed by atoms with Crippen LogP contribution >= 0.6 is 11.3 Å². The Balaban J connectivity index is 1.66. The van der Waals surface area contributed by atoms with E-state index in [1.807, 2.05) is 48.2 Å². The van der Waals surface area contributed by atoms with Gasteiger partial charge in [0.15, 0.2) is 0 Å². The molecule has 4 rings (SSSR count). The molecule has 1 amide bonds. The quantitative estimate of drug-likeness (QED) is 0.684. The van der Waals surface area contributed by atoms with Crippen LogP contribution in [-0.2, 0) is 11.2 Å². The fourth-order valence-electron chi connectivity index (χ4n) is 3.30. The van der Waals surface area contributed by atoms with E-state index in [2.05, 4.69) is 0 Å². The topological polar surface area (TPSA) is 29.5 Å². The van der Waals surface area contributed by atoms with Gasteiger partial charge in [-0.05, 0) is 47.2 Å². The molecular formula is C21H20FNO2S. The predicted molar refractivity (Wildman–Crippen MR) is 102 cm³/mol. The Bertz CT molecular complexity index is 960. The van der Waals surface area contributed by atoms with Gasteiger partial charge in [-0.25, -0.2) is 4.39 Å². The average molecular weight is 369 g/mol. The monoisotopic (exact) mass is 369 g/mol. The number of hydrogen-bond donors (Lipinski definition) is 0. The van der Waals surface area contributed by atoms with E-state index < -0.39 is 0 Å². The minimum atomic E-state index is -0.179. The van der Waals surface area contributed by atoms with Crippen LogP contribution in [-0.4, -0.2) is 37.1 Å². The third-order valence-electron chi connectivity index (χ3n) is 4.75. The fraction of sp³-hybridized carbons (Fsp3) is 0.286. The predicted octanol–water partition coefficient (Wildman–Crippen LogP) is 4.41. The van der Waals surface area contributed by atoms with E-state index >= 15 is 0 Å². The first kappa shape index (κ1) is 17.2. The molecule has 3 aromatic rings. The molecule has 0 unspecified atom stereocenters. The number of rotatable bonds is 3. The molecule has 0 radical (unpaired) electrons. The van der Waals surface area contributed by atoms with E-state index in [4.69, 9.17) is 4.74 Å². The molecule has 0 saturated carbocycles. The number of halogens is 1. The maximum absolute atomic E-state index is 14.2. The summed E-state index contributed by atoms with van der Waals surface area (Å²) in [5.74, 6) is -0.121. The lowest BCUT2D eigenvalue weighted by atomic mass is 10.0. The van der Waals surface area contributed by atoms with Crippen molar-refractivity contribution in [3.63, 3.8) is 0 Å². The Morgan fingerprint density at radius 3 is 2.73 bits per heavy atom. The zero-order valence-corrected chi connectivity index (χ0v) is 15.4. The smallest absolute Gasteiger partial charge is 0.264 e. The van der Waals surface area contributed by atoms with Gasteiger partial charge in [0.2, 0.25) is 0 Å². The number of hydrogen-bond acceptors (Lipinski definition) is 3. The van der Waals surface area contributed by atoms with Crippen molar-refractivity contribution in [3.05, 3.63) is 69.8 Å². The van der Waals surface area contributed by atoms with E-state index in [-0.39, 0.29) is 11.7 Å². The summed E-state index contributed by atoms with van der Waals surface area (Å²) in [5.41, 5.74) is 2.64. The van der Waals surface area contributed by atoms with Crippen LogP contribution in [0.4, 0.5) is 4.39 Å². The van der Waals surface area contributed by atoms with Crippen LogP contribution in [0, 0.1) is 12.7 Å². The van der Waals surface area contributed by atoms with Crippen molar-refractivity contribution in [2.45, 2.75) is 13.3 Å². The van der Waals surface area contributed by atoms with Crippen molar-refractivity contribution in [3.8, 4) is 0 Å². The summed E-state index contributed by atoms with van der Waals surface area (Å²) in [7, 11) is 0. The van der Waals surface area contributed by atoms with Gasteiger partial charge in [-0.15, -0.1) is 11.3 Å². The summed E-state index contributed by atoms with van der Waals surface area (Å²) >= 11 is 1.50. The summed E-state index contributed by atoms with van der Waals surface area (Å²) in [6, 6.07) is 13.3. The van der Waals surface area contributed by atoms with Crippen LogP contribution in [0.5, 0.6) is 0 Å². The number of aryl methyl sites for hydroxylation is 1. The molecule has 5 heteroatoms. The Kier molecular flexibility index (Phi) is 4.74. The number of fused-ring (bicyclic) bond motifs is 1. The van der Waals surface area contributed by atoms with Crippen molar-refractivity contribution in [2.75, 3.05) is 26.3 Å². The van der Waals surface area contributed by atoms with Gasteiger partial charge in [0.25, 0.3) is 5.91 Å². The SMILES string of the molecule is Cc1ccc(Cc2cccc3sc(C(=O)N4CCOCC4)cc23)c(F)c1. The van der Waals surface area contributed by atoms with Gasteiger partial charge in [0.05, 0.1) is 18.1 Å². The maximum Gasteiger partial charge on any atom is 0.264 e. The third-order valence-corrected chi connectivity index (χ3v) is 5.84. The molecule has 1 aliphatic rings. The molecule has 0 atom stereocenters. The van der Waals surface area contributed by atoms with Gasteiger partial charge >= 0.3 is 0 Å². The van der Waals surface area contributed by atoms with Crippen LogP contribution in [0.25, 0.3) is 10.1 Å². The zero-order valence-electron chi connectivity index (χ0n) is 14.6. The first-order valence-electron chi connectivity index (χ1n) is 8.75. The summed E-state index contributed by atoms with van der Waals surface area (Å²) in [5, 5.41) is 1.04. The molecule has 1 fully saturated rings. The lowest BCUT2D eigenvalue weighted by Crippen LogP contribution is -2.40. The second kappa shape index (κ2) is 7.17. The van der Waals surface area contributed by atoms with Crippen molar-refractivity contribution in [1.29, 1.82) is 0 Å². The molecule has 1 aliphatic heterocycles. The number of thiophene rings is 1. The zero-order chi connectivity index (χ0) is 18.1. The van der Waals surface area contributed by atoms with Gasteiger partial charge in [0, 0.05) is 24.2 Å². The molecule has 0 bridgehead atoms. The van der Waals surface area contributed by atoms with Gasteiger partial charge < -0.3 is 9.64 Å². The van der Waals surface area contributed by atoms with E-state index in [1.54, 1.807) is 6.07 Å². The van der Waals surface area contributed by atoms with Crippen LogP contribution in [0.3, 0.4) is 0 Å². The van der Waals surface area contributed by atoms with E-state index in [0.29, 0.717) is 38.3 Å². The molecule has 0 aliphatic carbocycles. The molecule has 3 nitrogen and oxygen atoms in total. The van der Waals surface area contributed by atoms with Gasteiger partial charge in [-0.2, -0.15) is 0 Å². The second-order valence-electron chi connectivity index (χ2n) is 6.62. The van der Waals surface area contributed by atoms with Gasteiger partial charge in [0.1, 0.15) is 5.82 Å². The number of nitrogens with zero attached hydrogens (tertiary/aromatic N) is 1. The molecule has 2 aromatic carbocycles. The Morgan fingerprint density at radius 2 is 1.96 bits per heavy atom. The fourth-order valence-corrected chi connectivity index (χ4v) is 4.38. The number of ether oxygens (including phenoxy) is 1. The molecule has 1 aromatic heterocycles. The summed E-state index contributed by atoms with van der Waals surface area (Å²) in [6.07, 6.45) is 0.519. The van der Waals surface area contributed by atoms with E-state index in [0.717, 1.165) is 26.1 Å². The molecule has 1 saturated heterocycles. The molecule has 0 N–H and O–H groups in total. The van der Waals surface area contributed by atoms with Crippen molar-refractivity contribution in [1.82, 2.24) is 4.90 Å². The average Bonchev–Trinajstić information content (AvgIpc) is 3.09. The first-order chi connectivity index (χ1) is 12.6. The van der Waals surface area contributed by atoms with Crippen molar-refractivity contribution in [2.24, 2.45) is 0 Å². The third kappa shape index (κ3) is 3.37. The molecule has 2 heterocycles. The highest BCUT2D eigenvalue weighted by molar-refractivity contribution is 7.20. The van der Waals surface area contributed by atoms with Crippen molar-refractivity contribution < 1.29 is 13.9 Å². The maximum atomic E-state index is 14.2. The second-order valence-corrected chi connectivity index (χ2v) is 7.70. The summed E-state index contributed by atoms with van der Waals surface area (Å²) < 4.78 is 20.6. The normalized spacial score (nSPS) is 14.8. The van der Waals surface area contributed by atoms with Crippen molar-refractivity contribution >= 4 is 27.3 Å². The Morgan fingerprint density at radius 1 is 1.15 bits per heavy atom. The van der Waals surface area contributed by atoms with Crippen LogP contribution in [0.1, 0.15) is 26.4 Å². The van der Waals surface area contributed by atoms with Crippen LogP contribution < -0.4 is 0 Å². The van der Waals surface area contributed by atoms with E-state index in [1.165, 1.54) is 11.3 Å². The van der Waals surface area contributed by atoms with Crippen LogP contribution in [0.15, 0.2) is 42.5 Å². The molecular weight excluding hydrogens is 349 g/mol. The molecule has 134 valence electrons. The molecule has 26 heavy (non-hydrogen) atoms. The number of morpholine rings is 1. The lowest BCUT2D eigenvalue weighted by Gasteiger charge is -2.26. The number of carbonyl (C=O) groups excluding carboxylic acids is 1. The summed E-state index contributed by atoms with van der Waals surface area (Å²) in [6.45, 7) is 4.34. The van der Waals surface area contributed by atoms with Gasteiger partial charge in [-0.1, -0.05) is 24.3 Å². The summed E-state index contributed by atoms with van der Waals surface area (Å²) in [4.78, 5) is 15.3. The highest BCUT2D eigenvalue weighted by Gasteiger charge is 2.21. The molecule has 0 spiro atoms. The Hall–Kier alpha value is -2.24. The van der Waals surface area contributed by atoms with Crippen LogP contribution in [0.2, 0.25) is 0 Å². The highest BCUT2D eigenvalue weighted by Crippen LogP contribution is 2.31. The number of amides is 1. The standard InChI is InChI=1S/C21H20FNO2S/c1-14-5-6-16(18(22)11-14)12-15-3-2-4-19-17(15)13-20(26-19)21(24)23-7-9-25-10-8-23/h2-6,11,13H,7-10,12H2,1H3. The highest BCUT2D eigenvalue weighted by atomic mass is 32.1. The largest absolute Gasteiger partial charge is 0.378 e. The Labute approximate surface area is 156 Å². The minimum Gasteiger partial charge on any atom is -0.378 e.